The van der Waals surface area contributed by atoms with Crippen LogP contribution in [0.15, 0.2) is 0 Å². The summed E-state index contributed by atoms with van der Waals surface area (Å²) in [6.45, 7) is 6.79. The standard InChI is InChI=1S/C13H21N3S/c1-2-6-16-7-5-11-12(9-16)17-13(15-11)8-14-10-3-4-10/h10,14H,2-9H2,1H3. The Morgan fingerprint density at radius 2 is 2.35 bits per heavy atom. The summed E-state index contributed by atoms with van der Waals surface area (Å²) >= 11 is 1.92. The zero-order valence-corrected chi connectivity index (χ0v) is 11.4. The summed E-state index contributed by atoms with van der Waals surface area (Å²) in [7, 11) is 0. The number of hydrogen-bond donors (Lipinski definition) is 1. The summed E-state index contributed by atoms with van der Waals surface area (Å²) in [6.07, 6.45) is 5.12. The average molecular weight is 251 g/mol. The molecule has 1 aromatic heterocycles. The van der Waals surface area contributed by atoms with Gasteiger partial charge in [0.25, 0.3) is 0 Å². The molecule has 1 aromatic rings. The number of aromatic nitrogens is 1. The Bertz CT molecular complexity index is 384. The second-order valence-electron chi connectivity index (χ2n) is 5.16. The van der Waals surface area contributed by atoms with Gasteiger partial charge in [0.2, 0.25) is 0 Å². The summed E-state index contributed by atoms with van der Waals surface area (Å²) in [6, 6.07) is 0.785. The predicted octanol–water partition coefficient (Wildman–Crippen LogP) is 2.16. The van der Waals surface area contributed by atoms with Crippen LogP contribution in [0.5, 0.6) is 0 Å². The van der Waals surface area contributed by atoms with Crippen molar-refractivity contribution in [1.82, 2.24) is 15.2 Å². The molecule has 4 heteroatoms. The van der Waals surface area contributed by atoms with E-state index in [4.69, 9.17) is 4.98 Å². The summed E-state index contributed by atoms with van der Waals surface area (Å²) in [5.74, 6) is 0. The maximum Gasteiger partial charge on any atom is 0.107 e. The Hall–Kier alpha value is -0.450. The summed E-state index contributed by atoms with van der Waals surface area (Å²) in [4.78, 5) is 8.84. The summed E-state index contributed by atoms with van der Waals surface area (Å²) < 4.78 is 0. The number of hydrogen-bond acceptors (Lipinski definition) is 4. The molecule has 0 saturated heterocycles. The maximum absolute atomic E-state index is 4.77. The molecule has 1 aliphatic carbocycles. The highest BCUT2D eigenvalue weighted by atomic mass is 32.1. The normalized spacial score (nSPS) is 20.5. The fraction of sp³-hybridized carbons (Fsp3) is 0.769. The first kappa shape index (κ1) is 11.6. The zero-order valence-electron chi connectivity index (χ0n) is 10.5. The van der Waals surface area contributed by atoms with E-state index >= 15 is 0 Å². The molecule has 3 rings (SSSR count). The Morgan fingerprint density at radius 1 is 1.47 bits per heavy atom. The molecule has 1 saturated carbocycles. The SMILES string of the molecule is CCCN1CCc2nc(CNC3CC3)sc2C1. The molecular weight excluding hydrogens is 230 g/mol. The highest BCUT2D eigenvalue weighted by Gasteiger charge is 2.23. The first-order chi connectivity index (χ1) is 8.35. The highest BCUT2D eigenvalue weighted by Crippen LogP contribution is 2.26. The zero-order chi connectivity index (χ0) is 11.7. The molecule has 2 heterocycles. The fourth-order valence-corrected chi connectivity index (χ4v) is 3.51. The van der Waals surface area contributed by atoms with Crippen molar-refractivity contribution in [3.05, 3.63) is 15.6 Å². The van der Waals surface area contributed by atoms with Gasteiger partial charge in [0.1, 0.15) is 5.01 Å². The molecular formula is C13H21N3S. The van der Waals surface area contributed by atoms with E-state index in [9.17, 15) is 0 Å². The molecule has 3 nitrogen and oxygen atoms in total. The average Bonchev–Trinajstić information content (AvgIpc) is 3.06. The van der Waals surface area contributed by atoms with Gasteiger partial charge < -0.3 is 5.32 Å². The Labute approximate surface area is 107 Å². The van der Waals surface area contributed by atoms with Crippen LogP contribution in [0.4, 0.5) is 0 Å². The van der Waals surface area contributed by atoms with E-state index in [1.165, 1.54) is 47.9 Å². The van der Waals surface area contributed by atoms with Gasteiger partial charge in [-0.05, 0) is 25.8 Å². The lowest BCUT2D eigenvalue weighted by Gasteiger charge is -2.25. The highest BCUT2D eigenvalue weighted by molar-refractivity contribution is 7.11. The van der Waals surface area contributed by atoms with Gasteiger partial charge in [-0.2, -0.15) is 0 Å². The van der Waals surface area contributed by atoms with Crippen LogP contribution in [0.1, 0.15) is 41.8 Å². The van der Waals surface area contributed by atoms with Crippen LogP contribution in [-0.4, -0.2) is 29.0 Å². The number of nitrogens with one attached hydrogen (secondary N) is 1. The van der Waals surface area contributed by atoms with Crippen molar-refractivity contribution in [3.8, 4) is 0 Å². The number of rotatable bonds is 5. The minimum Gasteiger partial charge on any atom is -0.308 e. The third-order valence-corrected chi connectivity index (χ3v) is 4.60. The molecule has 0 bridgehead atoms. The lowest BCUT2D eigenvalue weighted by Crippen LogP contribution is -2.30. The van der Waals surface area contributed by atoms with E-state index in [2.05, 4.69) is 17.1 Å². The lowest BCUT2D eigenvalue weighted by molar-refractivity contribution is 0.256. The smallest absolute Gasteiger partial charge is 0.107 e. The molecule has 2 aliphatic rings. The van der Waals surface area contributed by atoms with E-state index in [1.807, 2.05) is 11.3 Å². The van der Waals surface area contributed by atoms with E-state index in [1.54, 1.807) is 0 Å². The Morgan fingerprint density at radius 3 is 3.12 bits per heavy atom. The first-order valence-corrected chi connectivity index (χ1v) is 7.60. The van der Waals surface area contributed by atoms with Crippen molar-refractivity contribution in [2.75, 3.05) is 13.1 Å². The number of fused-ring (bicyclic) bond motifs is 1. The molecule has 0 atom stereocenters. The minimum absolute atomic E-state index is 0.785. The lowest BCUT2D eigenvalue weighted by atomic mass is 10.2. The van der Waals surface area contributed by atoms with Crippen LogP contribution in [0.3, 0.4) is 0 Å². The topological polar surface area (TPSA) is 28.2 Å². The van der Waals surface area contributed by atoms with E-state index in [0.29, 0.717) is 0 Å². The minimum atomic E-state index is 0.785. The third-order valence-electron chi connectivity index (χ3n) is 3.51. The molecule has 0 aromatic carbocycles. The number of nitrogens with zero attached hydrogens (tertiary/aromatic N) is 2. The van der Waals surface area contributed by atoms with Gasteiger partial charge in [-0.25, -0.2) is 4.98 Å². The van der Waals surface area contributed by atoms with Crippen LogP contribution < -0.4 is 5.32 Å². The van der Waals surface area contributed by atoms with E-state index < -0.39 is 0 Å². The quantitative estimate of drug-likeness (QED) is 0.869. The van der Waals surface area contributed by atoms with Gasteiger partial charge in [0, 0.05) is 37.0 Å². The molecule has 0 amide bonds. The van der Waals surface area contributed by atoms with Gasteiger partial charge in [-0.3, -0.25) is 4.90 Å². The van der Waals surface area contributed by atoms with Gasteiger partial charge in [-0.15, -0.1) is 11.3 Å². The van der Waals surface area contributed by atoms with Crippen LogP contribution in [0.25, 0.3) is 0 Å². The fourth-order valence-electron chi connectivity index (χ4n) is 2.40. The molecule has 1 N–H and O–H groups in total. The van der Waals surface area contributed by atoms with Gasteiger partial charge >= 0.3 is 0 Å². The van der Waals surface area contributed by atoms with Crippen molar-refractivity contribution in [1.29, 1.82) is 0 Å². The van der Waals surface area contributed by atoms with Gasteiger partial charge in [0.15, 0.2) is 0 Å². The molecule has 0 unspecified atom stereocenters. The molecule has 0 spiro atoms. The predicted molar refractivity (Wildman–Crippen MR) is 71.2 cm³/mol. The van der Waals surface area contributed by atoms with Crippen LogP contribution in [0, 0.1) is 0 Å². The molecule has 17 heavy (non-hydrogen) atoms. The Kier molecular flexibility index (Phi) is 3.45. The number of thiazole rings is 1. The molecule has 94 valence electrons. The van der Waals surface area contributed by atoms with Crippen LogP contribution >= 0.6 is 11.3 Å². The monoisotopic (exact) mass is 251 g/mol. The largest absolute Gasteiger partial charge is 0.308 e. The van der Waals surface area contributed by atoms with E-state index in [0.717, 1.165) is 25.6 Å². The maximum atomic E-state index is 4.77. The van der Waals surface area contributed by atoms with Crippen molar-refractivity contribution < 1.29 is 0 Å². The van der Waals surface area contributed by atoms with Gasteiger partial charge in [0.05, 0.1) is 5.69 Å². The third kappa shape index (κ3) is 2.87. The molecule has 1 fully saturated rings. The van der Waals surface area contributed by atoms with Crippen molar-refractivity contribution in [2.24, 2.45) is 0 Å². The first-order valence-electron chi connectivity index (χ1n) is 6.78. The Balaban J connectivity index is 1.61. The molecule has 1 aliphatic heterocycles. The van der Waals surface area contributed by atoms with Crippen molar-refractivity contribution in [3.63, 3.8) is 0 Å². The van der Waals surface area contributed by atoms with Crippen molar-refractivity contribution >= 4 is 11.3 Å². The second-order valence-corrected chi connectivity index (χ2v) is 6.33. The second kappa shape index (κ2) is 5.04. The molecule has 0 radical (unpaired) electrons. The summed E-state index contributed by atoms with van der Waals surface area (Å²) in [5, 5.41) is 4.84. The summed E-state index contributed by atoms with van der Waals surface area (Å²) in [5.41, 5.74) is 1.37. The van der Waals surface area contributed by atoms with Crippen molar-refractivity contribution in [2.45, 2.75) is 51.7 Å². The van der Waals surface area contributed by atoms with Gasteiger partial charge in [-0.1, -0.05) is 6.92 Å². The van der Waals surface area contributed by atoms with Crippen LogP contribution in [0.2, 0.25) is 0 Å². The van der Waals surface area contributed by atoms with E-state index in [-0.39, 0.29) is 0 Å². The van der Waals surface area contributed by atoms with Crippen LogP contribution in [-0.2, 0) is 19.5 Å².